The topological polar surface area (TPSA) is 102 Å². The summed E-state index contributed by atoms with van der Waals surface area (Å²) in [4.78, 5) is 24.3. The fourth-order valence-electron chi connectivity index (χ4n) is 1.70. The molecule has 4 N–H and O–H groups in total. The van der Waals surface area contributed by atoms with Crippen LogP contribution in [0.1, 0.15) is 6.42 Å². The van der Waals surface area contributed by atoms with Gasteiger partial charge in [0.15, 0.2) is 0 Å². The summed E-state index contributed by atoms with van der Waals surface area (Å²) in [7, 11) is 0. The Morgan fingerprint density at radius 2 is 2.00 bits per heavy atom. The molecule has 0 bridgehead atoms. The molecule has 0 spiro atoms. The highest BCUT2D eigenvalue weighted by Gasteiger charge is 2.21. The Hall–Kier alpha value is -1.18. The first-order valence-corrected chi connectivity index (χ1v) is 5.69. The van der Waals surface area contributed by atoms with Crippen molar-refractivity contribution in [3.8, 4) is 0 Å². The van der Waals surface area contributed by atoms with E-state index in [9.17, 15) is 9.59 Å². The predicted octanol–water partition coefficient (Wildman–Crippen LogP) is -2.16. The molecular formula is C10H19N3O4. The number of piperazine rings is 1. The van der Waals surface area contributed by atoms with Crippen molar-refractivity contribution in [3.05, 3.63) is 0 Å². The molecule has 0 radical (unpaired) electrons. The smallest absolute Gasteiger partial charge is 0.326 e. The number of carboxylic acid groups (broad SMARTS) is 1. The molecule has 1 rings (SSSR count). The lowest BCUT2D eigenvalue weighted by molar-refractivity contribution is -0.142. The van der Waals surface area contributed by atoms with Gasteiger partial charge in [-0.2, -0.15) is 0 Å². The summed E-state index contributed by atoms with van der Waals surface area (Å²) in [5.41, 5.74) is 0. The number of hydrogen-bond acceptors (Lipinski definition) is 5. The first kappa shape index (κ1) is 13.9. The maximum atomic E-state index is 11.6. The van der Waals surface area contributed by atoms with Crippen molar-refractivity contribution < 1.29 is 19.8 Å². The van der Waals surface area contributed by atoms with Gasteiger partial charge in [0.1, 0.15) is 6.04 Å². The van der Waals surface area contributed by atoms with Gasteiger partial charge in [-0.1, -0.05) is 0 Å². The van der Waals surface area contributed by atoms with Crippen molar-refractivity contribution in [3.63, 3.8) is 0 Å². The largest absolute Gasteiger partial charge is 0.480 e. The summed E-state index contributed by atoms with van der Waals surface area (Å²) in [5.74, 6) is -1.43. The summed E-state index contributed by atoms with van der Waals surface area (Å²) in [6, 6.07) is -1.00. The quantitative estimate of drug-likeness (QED) is 0.425. The number of aliphatic hydroxyl groups is 1. The molecule has 7 heteroatoms. The third-order valence-corrected chi connectivity index (χ3v) is 2.63. The number of carbonyl (C=O) groups is 2. The van der Waals surface area contributed by atoms with Crippen LogP contribution >= 0.6 is 0 Å². The fourth-order valence-corrected chi connectivity index (χ4v) is 1.70. The first-order chi connectivity index (χ1) is 8.13. The van der Waals surface area contributed by atoms with Crippen LogP contribution in [0.5, 0.6) is 0 Å². The minimum atomic E-state index is -1.12. The predicted molar refractivity (Wildman–Crippen MR) is 60.6 cm³/mol. The van der Waals surface area contributed by atoms with Crippen LogP contribution in [0.3, 0.4) is 0 Å². The van der Waals surface area contributed by atoms with Gasteiger partial charge >= 0.3 is 5.97 Å². The van der Waals surface area contributed by atoms with Crippen LogP contribution in [0.4, 0.5) is 0 Å². The molecule has 7 nitrogen and oxygen atoms in total. The van der Waals surface area contributed by atoms with E-state index in [1.54, 1.807) is 0 Å². The summed E-state index contributed by atoms with van der Waals surface area (Å²) < 4.78 is 0. The maximum Gasteiger partial charge on any atom is 0.326 e. The minimum absolute atomic E-state index is 0.0304. The van der Waals surface area contributed by atoms with E-state index in [4.69, 9.17) is 10.2 Å². The molecule has 98 valence electrons. The lowest BCUT2D eigenvalue weighted by Gasteiger charge is -2.27. The zero-order valence-corrected chi connectivity index (χ0v) is 9.69. The molecule has 17 heavy (non-hydrogen) atoms. The summed E-state index contributed by atoms with van der Waals surface area (Å²) in [6.45, 7) is 3.19. The van der Waals surface area contributed by atoms with Crippen LogP contribution in [-0.4, -0.2) is 72.4 Å². The molecule has 1 atom stereocenters. The third kappa shape index (κ3) is 5.12. The lowest BCUT2D eigenvalue weighted by Crippen LogP contribution is -2.50. The number of rotatable bonds is 6. The van der Waals surface area contributed by atoms with Crippen LogP contribution in [0.2, 0.25) is 0 Å². The second kappa shape index (κ2) is 7.21. The number of hydrogen-bond donors (Lipinski definition) is 4. The van der Waals surface area contributed by atoms with Gasteiger partial charge in [0.2, 0.25) is 5.91 Å². The molecule has 1 aliphatic heterocycles. The Morgan fingerprint density at radius 3 is 2.53 bits per heavy atom. The molecule has 0 aromatic rings. The van der Waals surface area contributed by atoms with Gasteiger partial charge in [-0.25, -0.2) is 4.79 Å². The zero-order valence-electron chi connectivity index (χ0n) is 9.69. The van der Waals surface area contributed by atoms with E-state index < -0.39 is 12.0 Å². The van der Waals surface area contributed by atoms with Crippen molar-refractivity contribution in [2.75, 3.05) is 39.3 Å². The van der Waals surface area contributed by atoms with Crippen LogP contribution in [0.25, 0.3) is 0 Å². The fraction of sp³-hybridized carbons (Fsp3) is 0.800. The molecule has 1 aliphatic rings. The Kier molecular flexibility index (Phi) is 5.88. The molecule has 1 amide bonds. The minimum Gasteiger partial charge on any atom is -0.480 e. The zero-order chi connectivity index (χ0) is 12.7. The van der Waals surface area contributed by atoms with Gasteiger partial charge in [-0.3, -0.25) is 9.69 Å². The van der Waals surface area contributed by atoms with Gasteiger partial charge in [0, 0.05) is 39.2 Å². The van der Waals surface area contributed by atoms with Crippen molar-refractivity contribution >= 4 is 11.9 Å². The second-order valence-corrected chi connectivity index (χ2v) is 4.00. The van der Waals surface area contributed by atoms with Gasteiger partial charge in [0.05, 0.1) is 6.54 Å². The SMILES string of the molecule is O=C(CN1CCNCC1)N[C@@H](CCO)C(=O)O. The molecule has 0 aromatic carbocycles. The van der Waals surface area contributed by atoms with Crippen LogP contribution < -0.4 is 10.6 Å². The van der Waals surface area contributed by atoms with Crippen molar-refractivity contribution in [1.82, 2.24) is 15.5 Å². The van der Waals surface area contributed by atoms with E-state index in [0.29, 0.717) is 0 Å². The standard InChI is InChI=1S/C10H19N3O4/c14-6-1-8(10(16)17)12-9(15)7-13-4-2-11-3-5-13/h8,11,14H,1-7H2,(H,12,15)(H,16,17)/t8-/m0/s1. The Morgan fingerprint density at radius 1 is 1.35 bits per heavy atom. The number of nitrogens with zero attached hydrogens (tertiary/aromatic N) is 1. The third-order valence-electron chi connectivity index (χ3n) is 2.63. The molecule has 0 aliphatic carbocycles. The van der Waals surface area contributed by atoms with Crippen molar-refractivity contribution in [1.29, 1.82) is 0 Å². The monoisotopic (exact) mass is 245 g/mol. The number of amides is 1. The number of aliphatic hydroxyl groups excluding tert-OH is 1. The molecular weight excluding hydrogens is 226 g/mol. The highest BCUT2D eigenvalue weighted by molar-refractivity contribution is 5.84. The van der Waals surface area contributed by atoms with Gasteiger partial charge < -0.3 is 20.8 Å². The van der Waals surface area contributed by atoms with E-state index in [1.165, 1.54) is 0 Å². The number of aliphatic carboxylic acids is 1. The van der Waals surface area contributed by atoms with Crippen molar-refractivity contribution in [2.45, 2.75) is 12.5 Å². The molecule has 0 unspecified atom stereocenters. The van der Waals surface area contributed by atoms with Crippen molar-refractivity contribution in [2.24, 2.45) is 0 Å². The highest BCUT2D eigenvalue weighted by atomic mass is 16.4. The molecule has 1 heterocycles. The second-order valence-electron chi connectivity index (χ2n) is 4.00. The lowest BCUT2D eigenvalue weighted by atomic mass is 10.2. The van der Waals surface area contributed by atoms with Crippen LogP contribution in [0, 0.1) is 0 Å². The van der Waals surface area contributed by atoms with E-state index in [1.807, 2.05) is 4.90 Å². The highest BCUT2D eigenvalue weighted by Crippen LogP contribution is 1.95. The number of carboxylic acids is 1. The van der Waals surface area contributed by atoms with Gasteiger partial charge in [-0.15, -0.1) is 0 Å². The van der Waals surface area contributed by atoms with Crippen LogP contribution in [-0.2, 0) is 9.59 Å². The molecule has 0 aromatic heterocycles. The van der Waals surface area contributed by atoms with Crippen LogP contribution in [0.15, 0.2) is 0 Å². The average molecular weight is 245 g/mol. The number of nitrogens with one attached hydrogen (secondary N) is 2. The molecule has 1 saturated heterocycles. The molecule has 1 fully saturated rings. The normalized spacial score (nSPS) is 18.6. The Bertz CT molecular complexity index is 266. The summed E-state index contributed by atoms with van der Waals surface area (Å²) in [5, 5.41) is 23.1. The van der Waals surface area contributed by atoms with Gasteiger partial charge in [0.25, 0.3) is 0 Å². The Labute approximate surface area is 99.8 Å². The summed E-state index contributed by atoms with van der Waals surface area (Å²) >= 11 is 0. The Balaban J connectivity index is 2.33. The van der Waals surface area contributed by atoms with Gasteiger partial charge in [-0.05, 0) is 0 Å². The van der Waals surface area contributed by atoms with E-state index >= 15 is 0 Å². The number of carbonyl (C=O) groups excluding carboxylic acids is 1. The van der Waals surface area contributed by atoms with E-state index in [2.05, 4.69) is 10.6 Å². The average Bonchev–Trinajstić information content (AvgIpc) is 2.29. The van der Waals surface area contributed by atoms with E-state index in [0.717, 1.165) is 26.2 Å². The summed E-state index contributed by atoms with van der Waals surface area (Å²) in [6.07, 6.45) is 0.0304. The first-order valence-electron chi connectivity index (χ1n) is 5.69. The van der Waals surface area contributed by atoms with E-state index in [-0.39, 0.29) is 25.5 Å². The molecule has 0 saturated carbocycles. The maximum absolute atomic E-state index is 11.6.